The number of nitrogens with zero attached hydrogens (tertiary/aromatic N) is 1. The van der Waals surface area contributed by atoms with E-state index >= 15 is 0 Å². The normalized spacial score (nSPS) is 27.8. The van der Waals surface area contributed by atoms with Gasteiger partial charge in [-0.25, -0.2) is 8.42 Å². The van der Waals surface area contributed by atoms with Gasteiger partial charge < -0.3 is 5.11 Å². The molecule has 0 spiro atoms. The molecule has 25 heavy (non-hydrogen) atoms. The van der Waals surface area contributed by atoms with Gasteiger partial charge in [-0.1, -0.05) is 35.8 Å². The highest BCUT2D eigenvalue weighted by molar-refractivity contribution is 7.89. The quantitative estimate of drug-likeness (QED) is 0.834. The minimum absolute atomic E-state index is 0.103. The average molecular weight is 364 g/mol. The summed E-state index contributed by atoms with van der Waals surface area (Å²) in [4.78, 5) is 0.300. The van der Waals surface area contributed by atoms with Crippen LogP contribution in [-0.2, 0) is 10.0 Å². The van der Waals surface area contributed by atoms with E-state index in [1.807, 2.05) is 32.9 Å². The molecule has 1 aliphatic heterocycles. The Morgan fingerprint density at radius 1 is 1.12 bits per heavy atom. The molecule has 1 aliphatic carbocycles. The van der Waals surface area contributed by atoms with E-state index < -0.39 is 21.7 Å². The monoisotopic (exact) mass is 363 g/mol. The summed E-state index contributed by atoms with van der Waals surface area (Å²) >= 11 is 0. The van der Waals surface area contributed by atoms with Crippen molar-refractivity contribution in [3.05, 3.63) is 41.5 Å². The summed E-state index contributed by atoms with van der Waals surface area (Å²) in [6.45, 7) is 5.96. The lowest BCUT2D eigenvalue weighted by Crippen LogP contribution is -2.48. The molecular formula is C20H29NO3S. The Morgan fingerprint density at radius 2 is 1.80 bits per heavy atom. The molecule has 2 atom stereocenters. The van der Waals surface area contributed by atoms with Crippen LogP contribution in [-0.4, -0.2) is 36.0 Å². The Balaban J connectivity index is 1.93. The molecule has 4 nitrogen and oxygen atoms in total. The highest BCUT2D eigenvalue weighted by atomic mass is 32.2. The van der Waals surface area contributed by atoms with Crippen LogP contribution < -0.4 is 0 Å². The first-order valence-corrected chi connectivity index (χ1v) is 10.6. The minimum atomic E-state index is -3.63. The molecule has 2 aliphatic rings. The Kier molecular flexibility index (Phi) is 5.11. The van der Waals surface area contributed by atoms with E-state index in [1.54, 1.807) is 12.1 Å². The molecule has 0 bridgehead atoms. The van der Waals surface area contributed by atoms with E-state index in [2.05, 4.69) is 6.08 Å². The lowest BCUT2D eigenvalue weighted by atomic mass is 9.86. The summed E-state index contributed by atoms with van der Waals surface area (Å²) in [5.41, 5.74) is 1.45. The van der Waals surface area contributed by atoms with Gasteiger partial charge in [0.15, 0.2) is 0 Å². The van der Waals surface area contributed by atoms with E-state index in [4.69, 9.17) is 0 Å². The summed E-state index contributed by atoms with van der Waals surface area (Å²) in [5.74, 6) is -0.103. The Hall–Kier alpha value is -1.17. The van der Waals surface area contributed by atoms with Crippen molar-refractivity contribution >= 4 is 10.0 Å². The van der Waals surface area contributed by atoms with Crippen molar-refractivity contribution in [2.75, 3.05) is 6.54 Å². The summed E-state index contributed by atoms with van der Waals surface area (Å²) < 4.78 is 27.9. The van der Waals surface area contributed by atoms with Crippen LogP contribution in [0, 0.1) is 12.8 Å². The molecule has 1 heterocycles. The van der Waals surface area contributed by atoms with Gasteiger partial charge in [0.25, 0.3) is 0 Å². The maximum Gasteiger partial charge on any atom is 0.243 e. The van der Waals surface area contributed by atoms with E-state index in [-0.39, 0.29) is 5.92 Å². The zero-order chi connectivity index (χ0) is 18.2. The second-order valence-electron chi connectivity index (χ2n) is 7.93. The third-order valence-electron chi connectivity index (χ3n) is 5.77. The van der Waals surface area contributed by atoms with Crippen molar-refractivity contribution < 1.29 is 13.5 Å². The first kappa shape index (κ1) is 18.6. The molecule has 5 heteroatoms. The number of aryl methyl sites for hydroxylation is 1. The molecule has 138 valence electrons. The first-order chi connectivity index (χ1) is 11.7. The third-order valence-corrected chi connectivity index (χ3v) is 7.84. The third kappa shape index (κ3) is 3.42. The molecule has 0 unspecified atom stereocenters. The number of allylic oxidation sites excluding steroid dienone is 1. The standard InChI is InChI=1S/C20H29NO3S/c1-15-10-12-17(13-11-15)25(23,24)21-14-18(19(22)20(21,2)3)16-8-6-4-5-7-9-16/h8,10-13,18-19,22H,4-7,9,14H2,1-3H3/t18-,19-/m0/s1. The van der Waals surface area contributed by atoms with Gasteiger partial charge in [0.05, 0.1) is 16.5 Å². The van der Waals surface area contributed by atoms with Crippen LogP contribution in [0.2, 0.25) is 0 Å². The predicted octanol–water partition coefficient (Wildman–Crippen LogP) is 3.65. The lowest BCUT2D eigenvalue weighted by Gasteiger charge is -2.33. The number of aliphatic hydroxyl groups excluding tert-OH is 1. The molecule has 0 radical (unpaired) electrons. The van der Waals surface area contributed by atoms with Gasteiger partial charge >= 0.3 is 0 Å². The fourth-order valence-corrected chi connectivity index (χ4v) is 5.91. The zero-order valence-corrected chi connectivity index (χ0v) is 16.2. The Labute approximate surface area is 151 Å². The molecule has 0 amide bonds. The van der Waals surface area contributed by atoms with Gasteiger partial charge in [-0.2, -0.15) is 4.31 Å². The summed E-state index contributed by atoms with van der Waals surface area (Å²) in [5, 5.41) is 10.9. The van der Waals surface area contributed by atoms with Gasteiger partial charge in [-0.05, 0) is 58.6 Å². The topological polar surface area (TPSA) is 57.6 Å². The van der Waals surface area contributed by atoms with Crippen molar-refractivity contribution in [1.82, 2.24) is 4.31 Å². The minimum Gasteiger partial charge on any atom is -0.391 e. The van der Waals surface area contributed by atoms with Crippen molar-refractivity contribution in [3.8, 4) is 0 Å². The highest BCUT2D eigenvalue weighted by Crippen LogP contribution is 2.42. The number of sulfonamides is 1. The summed E-state index contributed by atoms with van der Waals surface area (Å²) in [7, 11) is -3.63. The maximum absolute atomic E-state index is 13.2. The predicted molar refractivity (Wildman–Crippen MR) is 99.8 cm³/mol. The number of benzene rings is 1. The molecule has 0 aromatic heterocycles. The number of rotatable bonds is 3. The molecule has 3 rings (SSSR count). The van der Waals surface area contributed by atoms with Crippen LogP contribution in [0.25, 0.3) is 0 Å². The van der Waals surface area contributed by atoms with Gasteiger partial charge in [-0.15, -0.1) is 0 Å². The molecule has 0 saturated carbocycles. The molecule has 1 saturated heterocycles. The highest BCUT2D eigenvalue weighted by Gasteiger charge is 2.52. The number of hydrogen-bond donors (Lipinski definition) is 1. The largest absolute Gasteiger partial charge is 0.391 e. The van der Waals surface area contributed by atoms with Crippen molar-refractivity contribution in [3.63, 3.8) is 0 Å². The van der Waals surface area contributed by atoms with E-state index in [9.17, 15) is 13.5 Å². The SMILES string of the molecule is Cc1ccc(S(=O)(=O)N2C[C@@H](C3=CCCCCC3)[C@H](O)C2(C)C)cc1. The second kappa shape index (κ2) is 6.86. The van der Waals surface area contributed by atoms with Crippen molar-refractivity contribution in [2.45, 2.75) is 69.4 Å². The van der Waals surface area contributed by atoms with Crippen molar-refractivity contribution in [2.24, 2.45) is 5.92 Å². The molecule has 1 aromatic carbocycles. The van der Waals surface area contributed by atoms with Gasteiger partial charge in [0, 0.05) is 12.5 Å². The van der Waals surface area contributed by atoms with Crippen LogP contribution in [0.5, 0.6) is 0 Å². The molecular weight excluding hydrogens is 334 g/mol. The average Bonchev–Trinajstić information content (AvgIpc) is 2.75. The van der Waals surface area contributed by atoms with Crippen LogP contribution >= 0.6 is 0 Å². The van der Waals surface area contributed by atoms with Gasteiger partial charge in [-0.3, -0.25) is 0 Å². The maximum atomic E-state index is 13.2. The molecule has 1 fully saturated rings. The molecule has 1 aromatic rings. The van der Waals surface area contributed by atoms with Gasteiger partial charge in [0.2, 0.25) is 10.0 Å². The smallest absolute Gasteiger partial charge is 0.243 e. The lowest BCUT2D eigenvalue weighted by molar-refractivity contribution is 0.0723. The van der Waals surface area contributed by atoms with Crippen LogP contribution in [0.1, 0.15) is 51.5 Å². The number of aliphatic hydroxyl groups is 1. The fourth-order valence-electron chi connectivity index (χ4n) is 4.10. The van der Waals surface area contributed by atoms with Gasteiger partial charge in [0.1, 0.15) is 0 Å². The van der Waals surface area contributed by atoms with Crippen LogP contribution in [0.3, 0.4) is 0 Å². The Bertz CT molecular complexity index is 750. The molecule has 1 N–H and O–H groups in total. The number of hydrogen-bond acceptors (Lipinski definition) is 3. The van der Waals surface area contributed by atoms with Crippen LogP contribution in [0.4, 0.5) is 0 Å². The van der Waals surface area contributed by atoms with Crippen LogP contribution in [0.15, 0.2) is 40.8 Å². The van der Waals surface area contributed by atoms with Crippen molar-refractivity contribution in [1.29, 1.82) is 0 Å². The Morgan fingerprint density at radius 3 is 2.48 bits per heavy atom. The van der Waals surface area contributed by atoms with E-state index in [0.29, 0.717) is 11.4 Å². The van der Waals surface area contributed by atoms with E-state index in [1.165, 1.54) is 22.7 Å². The second-order valence-corrected chi connectivity index (χ2v) is 9.79. The summed E-state index contributed by atoms with van der Waals surface area (Å²) in [6, 6.07) is 6.95. The summed E-state index contributed by atoms with van der Waals surface area (Å²) in [6.07, 6.45) is 7.06. The van der Waals surface area contributed by atoms with E-state index in [0.717, 1.165) is 24.8 Å². The zero-order valence-electron chi connectivity index (χ0n) is 15.4. The fraction of sp³-hybridized carbons (Fsp3) is 0.600. The first-order valence-electron chi connectivity index (χ1n) is 9.21.